The summed E-state index contributed by atoms with van der Waals surface area (Å²) in [5.41, 5.74) is -0.292. The van der Waals surface area contributed by atoms with Crippen LogP contribution in [0.4, 0.5) is 14.9 Å². The van der Waals surface area contributed by atoms with Crippen molar-refractivity contribution in [3.8, 4) is 0 Å². The number of amides is 2. The number of halogens is 1. The molecule has 110 valence electrons. The number of carbonyl (C=O) groups excluding carboxylic acids is 1. The average Bonchev–Trinajstić information content (AvgIpc) is 2.94. The Hall–Kier alpha value is -2.90. The lowest BCUT2D eigenvalue weighted by Gasteiger charge is -2.09. The van der Waals surface area contributed by atoms with Crippen molar-refractivity contribution in [3.05, 3.63) is 48.3 Å². The first-order chi connectivity index (χ1) is 10.1. The number of urea groups is 1. The van der Waals surface area contributed by atoms with Crippen LogP contribution in [0.5, 0.6) is 0 Å². The lowest BCUT2D eigenvalue weighted by molar-refractivity contribution is 0.0692. The second kappa shape index (κ2) is 6.51. The highest BCUT2D eigenvalue weighted by Crippen LogP contribution is 2.14. The van der Waals surface area contributed by atoms with Gasteiger partial charge in [0.2, 0.25) is 0 Å². The normalized spacial score (nSPS) is 10.1. The molecular formula is C13H13FN4O3. The molecule has 0 atom stereocenters. The highest BCUT2D eigenvalue weighted by atomic mass is 19.1. The van der Waals surface area contributed by atoms with E-state index >= 15 is 0 Å². The smallest absolute Gasteiger partial charge is 0.338 e. The van der Waals surface area contributed by atoms with Gasteiger partial charge in [-0.25, -0.2) is 19.0 Å². The molecule has 1 aromatic heterocycles. The number of anilines is 1. The zero-order valence-corrected chi connectivity index (χ0v) is 10.9. The van der Waals surface area contributed by atoms with Crippen LogP contribution in [-0.4, -0.2) is 33.2 Å². The van der Waals surface area contributed by atoms with E-state index in [1.807, 2.05) is 0 Å². The number of benzene rings is 1. The number of nitrogens with one attached hydrogen (secondary N) is 2. The summed E-state index contributed by atoms with van der Waals surface area (Å²) in [4.78, 5) is 26.3. The van der Waals surface area contributed by atoms with E-state index in [0.717, 1.165) is 12.1 Å². The Bertz CT molecular complexity index is 643. The maximum absolute atomic E-state index is 13.2. The molecule has 8 heteroatoms. The topological polar surface area (TPSA) is 96.3 Å². The van der Waals surface area contributed by atoms with Gasteiger partial charge in [0.05, 0.1) is 11.9 Å². The zero-order valence-electron chi connectivity index (χ0n) is 10.9. The molecule has 0 saturated carbocycles. The Labute approximate surface area is 119 Å². The number of hydrogen-bond donors (Lipinski definition) is 3. The standard InChI is InChI=1S/C13H13FN4O3/c14-11-2-1-9(7-10(11)12(19)20)17-13(21)16-4-6-18-5-3-15-8-18/h1-3,5,7-8H,4,6H2,(H,19,20)(H2,16,17,21). The first-order valence-electron chi connectivity index (χ1n) is 6.09. The number of carboxylic acid groups (broad SMARTS) is 1. The van der Waals surface area contributed by atoms with E-state index in [1.54, 1.807) is 23.3 Å². The molecule has 1 aromatic carbocycles. The summed E-state index contributed by atoms with van der Waals surface area (Å²) < 4.78 is 15.0. The number of carbonyl (C=O) groups is 2. The third-order valence-electron chi connectivity index (χ3n) is 2.67. The Balaban J connectivity index is 1.87. The van der Waals surface area contributed by atoms with E-state index in [-0.39, 0.29) is 5.69 Å². The van der Waals surface area contributed by atoms with Crippen LogP contribution >= 0.6 is 0 Å². The molecule has 0 aliphatic heterocycles. The quantitative estimate of drug-likeness (QED) is 0.779. The van der Waals surface area contributed by atoms with E-state index in [4.69, 9.17) is 5.11 Å². The lowest BCUT2D eigenvalue weighted by atomic mass is 10.2. The van der Waals surface area contributed by atoms with E-state index in [0.29, 0.717) is 13.1 Å². The second-order valence-electron chi connectivity index (χ2n) is 4.18. The third-order valence-corrected chi connectivity index (χ3v) is 2.67. The van der Waals surface area contributed by atoms with Gasteiger partial charge in [0.15, 0.2) is 0 Å². The van der Waals surface area contributed by atoms with Crippen molar-refractivity contribution in [2.24, 2.45) is 0 Å². The first kappa shape index (κ1) is 14.5. The van der Waals surface area contributed by atoms with Crippen molar-refractivity contribution >= 4 is 17.7 Å². The van der Waals surface area contributed by atoms with Gasteiger partial charge in [-0.3, -0.25) is 0 Å². The predicted molar refractivity (Wildman–Crippen MR) is 72.6 cm³/mol. The van der Waals surface area contributed by atoms with Gasteiger partial charge >= 0.3 is 12.0 Å². The predicted octanol–water partition coefficient (Wildman–Crippen LogP) is 1.54. The highest BCUT2D eigenvalue weighted by Gasteiger charge is 2.11. The SMILES string of the molecule is O=C(NCCn1ccnc1)Nc1ccc(F)c(C(=O)O)c1. The van der Waals surface area contributed by atoms with Crippen LogP contribution in [0.1, 0.15) is 10.4 Å². The van der Waals surface area contributed by atoms with E-state index < -0.39 is 23.4 Å². The van der Waals surface area contributed by atoms with Crippen molar-refractivity contribution in [3.63, 3.8) is 0 Å². The van der Waals surface area contributed by atoms with Gasteiger partial charge in [-0.05, 0) is 18.2 Å². The summed E-state index contributed by atoms with van der Waals surface area (Å²) in [5, 5.41) is 13.8. The van der Waals surface area contributed by atoms with Crippen LogP contribution in [-0.2, 0) is 6.54 Å². The molecule has 7 nitrogen and oxygen atoms in total. The van der Waals surface area contributed by atoms with Gasteiger partial charge in [0.1, 0.15) is 5.82 Å². The van der Waals surface area contributed by atoms with Crippen molar-refractivity contribution in [1.82, 2.24) is 14.9 Å². The molecule has 0 unspecified atom stereocenters. The largest absolute Gasteiger partial charge is 0.478 e. The average molecular weight is 292 g/mol. The molecule has 0 radical (unpaired) electrons. The number of carboxylic acids is 1. The van der Waals surface area contributed by atoms with Crippen LogP contribution in [0.25, 0.3) is 0 Å². The van der Waals surface area contributed by atoms with Crippen molar-refractivity contribution < 1.29 is 19.1 Å². The minimum atomic E-state index is -1.39. The van der Waals surface area contributed by atoms with Gasteiger partial charge < -0.3 is 20.3 Å². The Morgan fingerprint density at radius 3 is 2.86 bits per heavy atom. The van der Waals surface area contributed by atoms with Crippen molar-refractivity contribution in [1.29, 1.82) is 0 Å². The second-order valence-corrected chi connectivity index (χ2v) is 4.18. The van der Waals surface area contributed by atoms with E-state index in [2.05, 4.69) is 15.6 Å². The molecular weight excluding hydrogens is 279 g/mol. The molecule has 0 aliphatic rings. The number of aromatic carboxylic acids is 1. The fourth-order valence-electron chi connectivity index (χ4n) is 1.66. The number of imidazole rings is 1. The number of nitrogens with zero attached hydrogens (tertiary/aromatic N) is 2. The molecule has 0 bridgehead atoms. The molecule has 2 aromatic rings. The number of rotatable bonds is 5. The van der Waals surface area contributed by atoms with E-state index in [9.17, 15) is 14.0 Å². The molecule has 0 fully saturated rings. The van der Waals surface area contributed by atoms with Gasteiger partial charge in [-0.2, -0.15) is 0 Å². The Morgan fingerprint density at radius 1 is 1.38 bits per heavy atom. The molecule has 3 N–H and O–H groups in total. The van der Waals surface area contributed by atoms with Crippen molar-refractivity contribution in [2.45, 2.75) is 6.54 Å². The first-order valence-corrected chi connectivity index (χ1v) is 6.09. The number of hydrogen-bond acceptors (Lipinski definition) is 3. The fourth-order valence-corrected chi connectivity index (χ4v) is 1.66. The molecule has 2 amide bonds. The van der Waals surface area contributed by atoms with Gasteiger partial charge in [-0.15, -0.1) is 0 Å². The maximum atomic E-state index is 13.2. The molecule has 0 aliphatic carbocycles. The minimum Gasteiger partial charge on any atom is -0.478 e. The summed E-state index contributed by atoms with van der Waals surface area (Å²) in [7, 11) is 0. The molecule has 2 rings (SSSR count). The summed E-state index contributed by atoms with van der Waals surface area (Å²) in [6.45, 7) is 0.923. The maximum Gasteiger partial charge on any atom is 0.338 e. The van der Waals surface area contributed by atoms with Crippen molar-refractivity contribution in [2.75, 3.05) is 11.9 Å². The molecule has 0 spiro atoms. The van der Waals surface area contributed by atoms with E-state index in [1.165, 1.54) is 6.07 Å². The number of aromatic nitrogens is 2. The van der Waals surface area contributed by atoms with Crippen LogP contribution in [0, 0.1) is 5.82 Å². The molecule has 21 heavy (non-hydrogen) atoms. The van der Waals surface area contributed by atoms with Crippen LogP contribution in [0.2, 0.25) is 0 Å². The van der Waals surface area contributed by atoms with Gasteiger partial charge in [0, 0.05) is 31.2 Å². The Morgan fingerprint density at radius 2 is 2.19 bits per heavy atom. The van der Waals surface area contributed by atoms with Crippen LogP contribution in [0.3, 0.4) is 0 Å². The van der Waals surface area contributed by atoms with Gasteiger partial charge in [0.25, 0.3) is 0 Å². The lowest BCUT2D eigenvalue weighted by Crippen LogP contribution is -2.31. The molecule has 1 heterocycles. The summed E-state index contributed by atoms with van der Waals surface area (Å²) >= 11 is 0. The molecule has 0 saturated heterocycles. The van der Waals surface area contributed by atoms with Crippen LogP contribution in [0.15, 0.2) is 36.9 Å². The zero-order chi connectivity index (χ0) is 15.2. The summed E-state index contributed by atoms with van der Waals surface area (Å²) in [6.07, 6.45) is 5.02. The monoisotopic (exact) mass is 292 g/mol. The van der Waals surface area contributed by atoms with Crippen LogP contribution < -0.4 is 10.6 Å². The highest BCUT2D eigenvalue weighted by molar-refractivity contribution is 5.93. The van der Waals surface area contributed by atoms with Gasteiger partial charge in [-0.1, -0.05) is 0 Å². The summed E-state index contributed by atoms with van der Waals surface area (Å²) in [5.74, 6) is -2.25. The Kier molecular flexibility index (Phi) is 4.50. The third kappa shape index (κ3) is 4.03. The fraction of sp³-hybridized carbons (Fsp3) is 0.154. The minimum absolute atomic E-state index is 0.203. The summed E-state index contributed by atoms with van der Waals surface area (Å²) in [6, 6.07) is 2.84.